The fourth-order valence-corrected chi connectivity index (χ4v) is 3.21. The number of fused-ring (bicyclic) bond motifs is 1. The number of hydrogen-bond acceptors (Lipinski definition) is 5. The van der Waals surface area contributed by atoms with Gasteiger partial charge in [-0.05, 0) is 18.1 Å². The molecule has 0 radical (unpaired) electrons. The van der Waals surface area contributed by atoms with E-state index < -0.39 is 0 Å². The molecule has 0 amide bonds. The van der Waals surface area contributed by atoms with Crippen molar-refractivity contribution in [2.24, 2.45) is 5.92 Å². The highest BCUT2D eigenvalue weighted by Gasteiger charge is 2.18. The van der Waals surface area contributed by atoms with Gasteiger partial charge in [0.25, 0.3) is 0 Å². The van der Waals surface area contributed by atoms with Crippen LogP contribution in [0.15, 0.2) is 43.0 Å². The Morgan fingerprint density at radius 3 is 2.88 bits per heavy atom. The van der Waals surface area contributed by atoms with Crippen LogP contribution in [-0.2, 0) is 19.6 Å². The topological polar surface area (TPSA) is 72.6 Å². The van der Waals surface area contributed by atoms with Gasteiger partial charge in [-0.1, -0.05) is 24.3 Å². The van der Waals surface area contributed by atoms with E-state index in [1.807, 2.05) is 11.6 Å². The first-order chi connectivity index (χ1) is 12.3. The van der Waals surface area contributed by atoms with Gasteiger partial charge in [0.15, 0.2) is 0 Å². The van der Waals surface area contributed by atoms with Crippen LogP contribution in [0.2, 0.25) is 0 Å². The molecule has 1 aliphatic rings. The summed E-state index contributed by atoms with van der Waals surface area (Å²) in [5.41, 5.74) is 3.59. The summed E-state index contributed by atoms with van der Waals surface area (Å²) < 4.78 is 3.90. The van der Waals surface area contributed by atoms with E-state index in [0.717, 1.165) is 44.2 Å². The molecule has 1 aromatic carbocycles. The SMILES string of the molecule is Cc1cc2n(n1)CC(CNCc1ccc(Cn3cncn3)cc1)CN2. The first-order valence-corrected chi connectivity index (χ1v) is 8.65. The van der Waals surface area contributed by atoms with E-state index in [4.69, 9.17) is 0 Å². The maximum atomic E-state index is 4.52. The molecule has 0 spiro atoms. The first kappa shape index (κ1) is 15.8. The number of aromatic nitrogens is 5. The van der Waals surface area contributed by atoms with E-state index in [-0.39, 0.29) is 0 Å². The van der Waals surface area contributed by atoms with E-state index in [1.54, 1.807) is 12.7 Å². The van der Waals surface area contributed by atoms with Gasteiger partial charge in [0, 0.05) is 38.2 Å². The molecule has 4 rings (SSSR count). The van der Waals surface area contributed by atoms with Crippen molar-refractivity contribution in [2.45, 2.75) is 26.6 Å². The smallest absolute Gasteiger partial charge is 0.137 e. The van der Waals surface area contributed by atoms with Crippen LogP contribution in [0.4, 0.5) is 5.82 Å². The number of nitrogens with zero attached hydrogens (tertiary/aromatic N) is 5. The minimum Gasteiger partial charge on any atom is -0.370 e. The zero-order valence-corrected chi connectivity index (χ0v) is 14.4. The lowest BCUT2D eigenvalue weighted by atomic mass is 10.1. The Bertz CT molecular complexity index is 805. The Labute approximate surface area is 147 Å². The van der Waals surface area contributed by atoms with Gasteiger partial charge in [0.1, 0.15) is 18.5 Å². The van der Waals surface area contributed by atoms with Crippen LogP contribution in [0.25, 0.3) is 0 Å². The Hall–Kier alpha value is -2.67. The maximum absolute atomic E-state index is 4.52. The molecule has 130 valence electrons. The molecule has 0 bridgehead atoms. The van der Waals surface area contributed by atoms with E-state index in [1.165, 1.54) is 11.1 Å². The highest BCUT2D eigenvalue weighted by atomic mass is 15.3. The molecule has 25 heavy (non-hydrogen) atoms. The van der Waals surface area contributed by atoms with Crippen LogP contribution in [0, 0.1) is 12.8 Å². The summed E-state index contributed by atoms with van der Waals surface area (Å²) in [6, 6.07) is 10.8. The monoisotopic (exact) mass is 337 g/mol. The van der Waals surface area contributed by atoms with Crippen LogP contribution < -0.4 is 10.6 Å². The maximum Gasteiger partial charge on any atom is 0.137 e. The third-order valence-electron chi connectivity index (χ3n) is 4.50. The minimum absolute atomic E-state index is 0.554. The molecule has 0 saturated carbocycles. The van der Waals surface area contributed by atoms with Gasteiger partial charge < -0.3 is 10.6 Å². The lowest BCUT2D eigenvalue weighted by Crippen LogP contribution is -2.35. The average molecular weight is 337 g/mol. The van der Waals surface area contributed by atoms with E-state index >= 15 is 0 Å². The summed E-state index contributed by atoms with van der Waals surface area (Å²) >= 11 is 0. The lowest BCUT2D eigenvalue weighted by Gasteiger charge is -2.25. The molecular formula is C18H23N7. The Morgan fingerprint density at radius 1 is 1.24 bits per heavy atom. The molecule has 1 atom stereocenters. The van der Waals surface area contributed by atoms with Gasteiger partial charge in [-0.3, -0.25) is 0 Å². The quantitative estimate of drug-likeness (QED) is 0.716. The number of aryl methyl sites for hydroxylation is 1. The van der Waals surface area contributed by atoms with Gasteiger partial charge >= 0.3 is 0 Å². The second-order valence-corrected chi connectivity index (χ2v) is 6.64. The van der Waals surface area contributed by atoms with Crippen molar-refractivity contribution in [2.75, 3.05) is 18.4 Å². The number of rotatable bonds is 6. The highest BCUT2D eigenvalue weighted by Crippen LogP contribution is 2.18. The first-order valence-electron chi connectivity index (χ1n) is 8.65. The number of hydrogen-bond donors (Lipinski definition) is 2. The van der Waals surface area contributed by atoms with Crippen LogP contribution in [0.5, 0.6) is 0 Å². The summed E-state index contributed by atoms with van der Waals surface area (Å²) in [5.74, 6) is 1.69. The van der Waals surface area contributed by atoms with Crippen molar-refractivity contribution in [3.63, 3.8) is 0 Å². The predicted octanol–water partition coefficient (Wildman–Crippen LogP) is 1.66. The number of nitrogens with one attached hydrogen (secondary N) is 2. The third kappa shape index (κ3) is 3.88. The summed E-state index contributed by atoms with van der Waals surface area (Å²) in [6.45, 7) is 6.62. The predicted molar refractivity (Wildman–Crippen MR) is 96.2 cm³/mol. The molecule has 2 N–H and O–H groups in total. The molecule has 0 fully saturated rings. The normalized spacial score (nSPS) is 16.4. The number of anilines is 1. The summed E-state index contributed by atoms with van der Waals surface area (Å²) in [7, 11) is 0. The molecule has 1 aliphatic heterocycles. The third-order valence-corrected chi connectivity index (χ3v) is 4.50. The zero-order chi connectivity index (χ0) is 17.1. The molecule has 7 heteroatoms. The van der Waals surface area contributed by atoms with Crippen LogP contribution in [0.3, 0.4) is 0 Å². The Balaban J connectivity index is 1.25. The second kappa shape index (κ2) is 7.06. The van der Waals surface area contributed by atoms with Crippen molar-refractivity contribution in [1.29, 1.82) is 0 Å². The van der Waals surface area contributed by atoms with Crippen molar-refractivity contribution >= 4 is 5.82 Å². The molecule has 0 saturated heterocycles. The Kier molecular flexibility index (Phi) is 4.47. The largest absolute Gasteiger partial charge is 0.370 e. The van der Waals surface area contributed by atoms with Crippen molar-refractivity contribution in [1.82, 2.24) is 29.9 Å². The van der Waals surface area contributed by atoms with Gasteiger partial charge in [-0.15, -0.1) is 0 Å². The van der Waals surface area contributed by atoms with Gasteiger partial charge in [0.2, 0.25) is 0 Å². The van der Waals surface area contributed by atoms with E-state index in [2.05, 4.69) is 60.8 Å². The minimum atomic E-state index is 0.554. The zero-order valence-electron chi connectivity index (χ0n) is 14.4. The fraction of sp³-hybridized carbons (Fsp3) is 0.389. The molecule has 3 aromatic rings. The van der Waals surface area contributed by atoms with Crippen LogP contribution in [0.1, 0.15) is 16.8 Å². The highest BCUT2D eigenvalue weighted by molar-refractivity contribution is 5.38. The fourth-order valence-electron chi connectivity index (χ4n) is 3.21. The van der Waals surface area contributed by atoms with Gasteiger partial charge in [0.05, 0.1) is 12.2 Å². The molecule has 2 aromatic heterocycles. The molecule has 0 aliphatic carbocycles. The van der Waals surface area contributed by atoms with Crippen molar-refractivity contribution in [3.05, 3.63) is 59.8 Å². The summed E-state index contributed by atoms with van der Waals surface area (Å²) in [4.78, 5) is 3.97. The summed E-state index contributed by atoms with van der Waals surface area (Å²) in [5, 5.41) is 15.7. The second-order valence-electron chi connectivity index (χ2n) is 6.64. The standard InChI is InChI=1S/C18H23N7/c1-14-6-18-21-9-17(11-25(18)23-14)8-19-7-15-2-4-16(5-3-15)10-24-13-20-12-22-24/h2-6,12-13,17,19,21H,7-11H2,1H3. The lowest BCUT2D eigenvalue weighted by molar-refractivity contribution is 0.390. The van der Waals surface area contributed by atoms with Gasteiger partial charge in [-0.25, -0.2) is 14.3 Å². The Morgan fingerprint density at radius 2 is 2.08 bits per heavy atom. The van der Waals surface area contributed by atoms with Crippen molar-refractivity contribution in [3.8, 4) is 0 Å². The van der Waals surface area contributed by atoms with Crippen molar-refractivity contribution < 1.29 is 0 Å². The van der Waals surface area contributed by atoms with E-state index in [9.17, 15) is 0 Å². The molecule has 1 unspecified atom stereocenters. The molecule has 3 heterocycles. The molecule has 7 nitrogen and oxygen atoms in total. The van der Waals surface area contributed by atoms with Crippen LogP contribution in [-0.4, -0.2) is 37.6 Å². The van der Waals surface area contributed by atoms with Gasteiger partial charge in [-0.2, -0.15) is 10.2 Å². The van der Waals surface area contributed by atoms with E-state index in [0.29, 0.717) is 5.92 Å². The van der Waals surface area contributed by atoms with Crippen LogP contribution >= 0.6 is 0 Å². The average Bonchev–Trinajstić information content (AvgIpc) is 3.24. The molecular weight excluding hydrogens is 314 g/mol. The summed E-state index contributed by atoms with van der Waals surface area (Å²) in [6.07, 6.45) is 3.30. The number of benzene rings is 1.